The number of carbonyl (C=O) groups is 2. The van der Waals surface area contributed by atoms with Crippen LogP contribution in [0.5, 0.6) is 5.75 Å². The van der Waals surface area contributed by atoms with Gasteiger partial charge in [0.15, 0.2) is 0 Å². The van der Waals surface area contributed by atoms with Gasteiger partial charge in [0.1, 0.15) is 5.75 Å². The highest BCUT2D eigenvalue weighted by Gasteiger charge is 2.35. The number of para-hydroxylation sites is 1. The largest absolute Gasteiger partial charge is 0.494 e. The molecule has 2 aliphatic rings. The second-order valence-electron chi connectivity index (χ2n) is 11.1. The maximum Gasteiger partial charge on any atom is 0.230 e. The molecule has 0 radical (unpaired) electrons. The van der Waals surface area contributed by atoms with Crippen molar-refractivity contribution in [3.63, 3.8) is 0 Å². The van der Waals surface area contributed by atoms with Gasteiger partial charge in [-0.05, 0) is 79.6 Å². The predicted octanol–water partition coefficient (Wildman–Crippen LogP) is 6.35. The van der Waals surface area contributed by atoms with Gasteiger partial charge in [-0.15, -0.1) is 0 Å². The van der Waals surface area contributed by atoms with Crippen molar-refractivity contribution in [2.24, 2.45) is 5.92 Å². The molecule has 0 bridgehead atoms. The van der Waals surface area contributed by atoms with Gasteiger partial charge < -0.3 is 14.5 Å². The first-order chi connectivity index (χ1) is 20.0. The minimum absolute atomic E-state index is 0.0883. The van der Waals surface area contributed by atoms with Gasteiger partial charge in [-0.2, -0.15) is 0 Å². The molecule has 2 amide bonds. The highest BCUT2D eigenvalue weighted by atomic mass is 35.5. The maximum atomic E-state index is 13.7. The number of amides is 2. The Labute approximate surface area is 248 Å². The minimum atomic E-state index is 0.0883. The summed E-state index contributed by atoms with van der Waals surface area (Å²) in [5.41, 5.74) is 4.14. The van der Waals surface area contributed by atoms with Gasteiger partial charge in [-0.25, -0.2) is 0 Å². The molecule has 7 heteroatoms. The summed E-state index contributed by atoms with van der Waals surface area (Å²) in [7, 11) is 0. The summed E-state index contributed by atoms with van der Waals surface area (Å²) >= 11 is 6.12. The third kappa shape index (κ3) is 8.11. The number of benzene rings is 3. The van der Waals surface area contributed by atoms with E-state index in [1.54, 1.807) is 0 Å². The third-order valence-electron chi connectivity index (χ3n) is 7.86. The highest BCUT2D eigenvalue weighted by Crippen LogP contribution is 2.34. The molecular formula is C34H40ClN3O3. The van der Waals surface area contributed by atoms with Crippen LogP contribution in [0.3, 0.4) is 0 Å². The molecule has 0 atom stereocenters. The molecule has 0 N–H and O–H groups in total. The summed E-state index contributed by atoms with van der Waals surface area (Å²) < 4.78 is 5.57. The summed E-state index contributed by atoms with van der Waals surface area (Å²) in [5.74, 6) is 1.24. The lowest BCUT2D eigenvalue weighted by Gasteiger charge is -2.32. The van der Waals surface area contributed by atoms with E-state index in [-0.39, 0.29) is 17.7 Å². The summed E-state index contributed by atoms with van der Waals surface area (Å²) in [6, 6.07) is 23.9. The van der Waals surface area contributed by atoms with Crippen LogP contribution in [0, 0.1) is 5.92 Å². The first-order valence-corrected chi connectivity index (χ1v) is 15.2. The summed E-state index contributed by atoms with van der Waals surface area (Å²) in [6.07, 6.45) is 4.02. The number of carbonyl (C=O) groups excluding carboxylic acids is 2. The van der Waals surface area contributed by atoms with E-state index in [0.29, 0.717) is 32.7 Å². The lowest BCUT2D eigenvalue weighted by Crippen LogP contribution is -2.39. The first-order valence-electron chi connectivity index (χ1n) is 14.9. The summed E-state index contributed by atoms with van der Waals surface area (Å²) in [5, 5.41) is 0.733. The van der Waals surface area contributed by atoms with Crippen molar-refractivity contribution in [3.8, 4) is 5.75 Å². The van der Waals surface area contributed by atoms with Gasteiger partial charge in [0.05, 0.1) is 13.0 Å². The number of fused-ring (bicyclic) bond motifs is 1. The van der Waals surface area contributed by atoms with E-state index < -0.39 is 0 Å². The van der Waals surface area contributed by atoms with Gasteiger partial charge in [-0.1, -0.05) is 54.1 Å². The fourth-order valence-electron chi connectivity index (χ4n) is 5.52. The Balaban J connectivity index is 1.38. The van der Waals surface area contributed by atoms with Crippen LogP contribution in [0.25, 0.3) is 0 Å². The first kappa shape index (κ1) is 29.2. The highest BCUT2D eigenvalue weighted by molar-refractivity contribution is 6.30. The van der Waals surface area contributed by atoms with Crippen molar-refractivity contribution in [1.82, 2.24) is 9.80 Å². The van der Waals surface area contributed by atoms with Gasteiger partial charge in [-0.3, -0.25) is 14.5 Å². The topological polar surface area (TPSA) is 53.1 Å². The Morgan fingerprint density at radius 3 is 2.24 bits per heavy atom. The Morgan fingerprint density at radius 2 is 1.54 bits per heavy atom. The average molecular weight is 574 g/mol. The van der Waals surface area contributed by atoms with Crippen LogP contribution in [-0.2, 0) is 29.1 Å². The van der Waals surface area contributed by atoms with Crippen LogP contribution < -0.4 is 9.64 Å². The molecule has 3 aromatic carbocycles. The van der Waals surface area contributed by atoms with E-state index >= 15 is 0 Å². The van der Waals surface area contributed by atoms with Crippen molar-refractivity contribution in [2.75, 3.05) is 37.7 Å². The zero-order chi connectivity index (χ0) is 28.6. The van der Waals surface area contributed by atoms with Gasteiger partial charge in [0, 0.05) is 55.9 Å². The molecular weight excluding hydrogens is 534 g/mol. The van der Waals surface area contributed by atoms with E-state index in [0.717, 1.165) is 72.9 Å². The molecule has 216 valence electrons. The fourth-order valence-corrected chi connectivity index (χ4v) is 5.64. The fraction of sp³-hybridized carbons (Fsp3) is 0.412. The lowest BCUT2D eigenvalue weighted by atomic mass is 10.1. The predicted molar refractivity (Wildman–Crippen MR) is 164 cm³/mol. The molecule has 41 heavy (non-hydrogen) atoms. The zero-order valence-electron chi connectivity index (χ0n) is 23.9. The molecule has 1 aliphatic carbocycles. The van der Waals surface area contributed by atoms with Crippen LogP contribution in [0.2, 0.25) is 5.02 Å². The molecule has 6 nitrogen and oxygen atoms in total. The number of anilines is 1. The van der Waals surface area contributed by atoms with Crippen molar-refractivity contribution in [2.45, 2.75) is 52.1 Å². The number of rotatable bonds is 7. The molecule has 0 unspecified atom stereocenters. The van der Waals surface area contributed by atoms with Crippen LogP contribution in [0.1, 0.15) is 49.3 Å². The number of halogens is 1. The van der Waals surface area contributed by atoms with E-state index in [9.17, 15) is 9.59 Å². The van der Waals surface area contributed by atoms with E-state index in [1.807, 2.05) is 71.3 Å². The van der Waals surface area contributed by atoms with Crippen molar-refractivity contribution in [3.05, 3.63) is 94.5 Å². The summed E-state index contributed by atoms with van der Waals surface area (Å²) in [4.78, 5) is 33.6. The number of ether oxygens (including phenoxy) is 1. The van der Waals surface area contributed by atoms with Crippen molar-refractivity contribution < 1.29 is 14.3 Å². The van der Waals surface area contributed by atoms with Gasteiger partial charge in [0.2, 0.25) is 11.8 Å². The zero-order valence-corrected chi connectivity index (χ0v) is 24.7. The monoisotopic (exact) mass is 573 g/mol. The van der Waals surface area contributed by atoms with Crippen molar-refractivity contribution in [1.29, 1.82) is 0 Å². The molecule has 5 rings (SSSR count). The quantitative estimate of drug-likeness (QED) is 0.330. The van der Waals surface area contributed by atoms with Gasteiger partial charge >= 0.3 is 0 Å². The molecule has 1 fully saturated rings. The van der Waals surface area contributed by atoms with E-state index in [4.69, 9.17) is 16.3 Å². The molecule has 1 saturated carbocycles. The molecule has 0 saturated heterocycles. The lowest BCUT2D eigenvalue weighted by molar-refractivity contribution is -0.131. The Morgan fingerprint density at radius 1 is 0.854 bits per heavy atom. The molecule has 1 aliphatic heterocycles. The SMILES string of the molecule is CCOc1ccc(CC(=O)N2CCCN(Cc3ccc(Cl)cc3)CCCN(C(=O)C3CC3)c3ccccc3C2)cc1. The molecule has 0 aromatic heterocycles. The van der Waals surface area contributed by atoms with Gasteiger partial charge in [0.25, 0.3) is 0 Å². The standard InChI is InChI=1S/C34H40ClN3O3/c1-2-41-31-17-11-26(12-18-31)23-33(39)37-21-5-19-36(24-27-9-15-30(35)16-10-27)20-6-22-38(34(40)28-13-14-28)32-8-4-3-7-29(32)25-37/h3-4,7-12,15-18,28H,2,5-6,13-14,19-25H2,1H3. The van der Waals surface area contributed by atoms with Crippen LogP contribution in [0.15, 0.2) is 72.8 Å². The Kier molecular flexibility index (Phi) is 9.97. The third-order valence-corrected chi connectivity index (χ3v) is 8.11. The minimum Gasteiger partial charge on any atom is -0.494 e. The molecule has 0 spiro atoms. The number of hydrogen-bond acceptors (Lipinski definition) is 4. The van der Waals surface area contributed by atoms with E-state index in [1.165, 1.54) is 5.56 Å². The number of hydrogen-bond donors (Lipinski definition) is 0. The maximum absolute atomic E-state index is 13.7. The Bertz CT molecular complexity index is 1310. The van der Waals surface area contributed by atoms with Crippen LogP contribution >= 0.6 is 11.6 Å². The second-order valence-corrected chi connectivity index (χ2v) is 11.5. The Hall–Kier alpha value is -3.35. The molecule has 3 aromatic rings. The normalized spacial score (nSPS) is 16.8. The summed E-state index contributed by atoms with van der Waals surface area (Å²) in [6.45, 7) is 6.93. The van der Waals surface area contributed by atoms with Crippen LogP contribution in [-0.4, -0.2) is 54.4 Å². The van der Waals surface area contributed by atoms with E-state index in [2.05, 4.69) is 23.1 Å². The van der Waals surface area contributed by atoms with Crippen molar-refractivity contribution >= 4 is 29.1 Å². The smallest absolute Gasteiger partial charge is 0.230 e. The van der Waals surface area contributed by atoms with Crippen LogP contribution in [0.4, 0.5) is 5.69 Å². The second kappa shape index (κ2) is 14.0. The molecule has 1 heterocycles. The number of nitrogens with zero attached hydrogens (tertiary/aromatic N) is 3. The average Bonchev–Trinajstić information content (AvgIpc) is 3.82.